The molecule has 0 spiro atoms. The number of halogens is 1. The van der Waals surface area contributed by atoms with Gasteiger partial charge in [0.2, 0.25) is 16.2 Å². The molecule has 1 saturated carbocycles. The summed E-state index contributed by atoms with van der Waals surface area (Å²) in [5.74, 6) is -2.22. The number of amides is 2. The molecule has 1 aromatic rings. The molecule has 2 fully saturated rings. The Balaban J connectivity index is 2.08. The van der Waals surface area contributed by atoms with Gasteiger partial charge < -0.3 is 0 Å². The molecule has 23 heavy (non-hydrogen) atoms. The van der Waals surface area contributed by atoms with Crippen molar-refractivity contribution in [3.63, 3.8) is 0 Å². The number of carbonyl (C=O) groups excluding carboxylic acids is 2. The Morgan fingerprint density at radius 1 is 1.04 bits per heavy atom. The molecule has 1 aromatic carbocycles. The number of carbonyl (C=O) groups is 2. The standard InChI is InChI=1S/C16H16ClNO4S/c17-11-8-4-5-9-12(11)18-15(19)13(10-6-2-1-3-7-10)14(16(18)20)23(21)22/h4-5,8-10,13H,1-3,6-7H2. The zero-order chi connectivity index (χ0) is 16.6. The molecular weight excluding hydrogens is 338 g/mol. The van der Waals surface area contributed by atoms with Crippen LogP contribution in [0, 0.1) is 11.8 Å². The molecule has 0 bridgehead atoms. The average Bonchev–Trinajstić information content (AvgIpc) is 2.80. The molecule has 0 N–H and O–H groups in total. The Morgan fingerprint density at radius 3 is 2.30 bits per heavy atom. The summed E-state index contributed by atoms with van der Waals surface area (Å²) in [6.07, 6.45) is 4.51. The fourth-order valence-corrected chi connectivity index (χ4v) is 4.47. The first kappa shape index (κ1) is 16.2. The molecule has 1 atom stereocenters. The van der Waals surface area contributed by atoms with Gasteiger partial charge >= 0.3 is 0 Å². The minimum absolute atomic E-state index is 0.0967. The van der Waals surface area contributed by atoms with Crippen molar-refractivity contribution in [2.75, 3.05) is 4.90 Å². The fraction of sp³-hybridized carbons (Fsp3) is 0.438. The molecule has 1 aliphatic heterocycles. The van der Waals surface area contributed by atoms with Crippen LogP contribution in [0.15, 0.2) is 24.3 Å². The lowest BCUT2D eigenvalue weighted by atomic mass is 9.79. The van der Waals surface area contributed by atoms with E-state index >= 15 is 0 Å². The van der Waals surface area contributed by atoms with Crippen molar-refractivity contribution < 1.29 is 18.0 Å². The third kappa shape index (κ3) is 2.81. The van der Waals surface area contributed by atoms with Crippen molar-refractivity contribution in [3.05, 3.63) is 29.3 Å². The molecule has 3 rings (SSSR count). The topological polar surface area (TPSA) is 71.5 Å². The monoisotopic (exact) mass is 353 g/mol. The van der Waals surface area contributed by atoms with E-state index in [0.29, 0.717) is 0 Å². The van der Waals surface area contributed by atoms with Crippen molar-refractivity contribution >= 4 is 44.3 Å². The van der Waals surface area contributed by atoms with Crippen LogP contribution in [0.1, 0.15) is 32.1 Å². The SMILES string of the molecule is O=C1C(=S(=O)=O)C(C2CCCCC2)C(=O)N1c1ccccc1Cl. The van der Waals surface area contributed by atoms with Crippen molar-refractivity contribution in [3.8, 4) is 0 Å². The summed E-state index contributed by atoms with van der Waals surface area (Å²) in [5.41, 5.74) is 0.241. The summed E-state index contributed by atoms with van der Waals surface area (Å²) in [7, 11) is -2.71. The van der Waals surface area contributed by atoms with Crippen LogP contribution in [0.3, 0.4) is 0 Å². The largest absolute Gasteiger partial charge is 0.277 e. The van der Waals surface area contributed by atoms with Gasteiger partial charge in [0, 0.05) is 0 Å². The molecule has 1 unspecified atom stereocenters. The highest BCUT2D eigenvalue weighted by Crippen LogP contribution is 2.38. The Morgan fingerprint density at radius 2 is 1.70 bits per heavy atom. The molecule has 0 radical (unpaired) electrons. The zero-order valence-electron chi connectivity index (χ0n) is 12.4. The maximum atomic E-state index is 12.8. The Bertz CT molecular complexity index is 788. The number of rotatable bonds is 2. The van der Waals surface area contributed by atoms with Crippen LogP contribution in [0.5, 0.6) is 0 Å². The number of imide groups is 1. The van der Waals surface area contributed by atoms with Gasteiger partial charge in [-0.3, -0.25) is 9.59 Å². The minimum Gasteiger partial charge on any atom is -0.273 e. The highest BCUT2D eigenvalue weighted by atomic mass is 35.5. The van der Waals surface area contributed by atoms with E-state index in [1.807, 2.05) is 0 Å². The average molecular weight is 354 g/mol. The number of hydrogen-bond donors (Lipinski definition) is 0. The van der Waals surface area contributed by atoms with Gasteiger partial charge in [-0.1, -0.05) is 43.0 Å². The van der Waals surface area contributed by atoms with Crippen LogP contribution in [0.4, 0.5) is 5.69 Å². The lowest BCUT2D eigenvalue weighted by Crippen LogP contribution is -2.32. The van der Waals surface area contributed by atoms with Gasteiger partial charge in [0.25, 0.3) is 5.91 Å². The molecule has 7 heteroatoms. The van der Waals surface area contributed by atoms with Gasteiger partial charge in [-0.2, -0.15) is 8.42 Å². The summed E-state index contributed by atoms with van der Waals surface area (Å²) >= 11 is 6.09. The molecule has 1 heterocycles. The summed E-state index contributed by atoms with van der Waals surface area (Å²) < 4.78 is 23.2. The molecule has 2 aliphatic rings. The van der Waals surface area contributed by atoms with E-state index in [4.69, 9.17) is 11.6 Å². The van der Waals surface area contributed by atoms with Gasteiger partial charge in [0.1, 0.15) is 0 Å². The van der Waals surface area contributed by atoms with Gasteiger partial charge in [-0.15, -0.1) is 0 Å². The van der Waals surface area contributed by atoms with E-state index in [1.165, 1.54) is 0 Å². The quantitative estimate of drug-likeness (QED) is 0.605. The molecule has 5 nitrogen and oxygen atoms in total. The third-order valence-electron chi connectivity index (χ3n) is 4.58. The fourth-order valence-electron chi connectivity index (χ4n) is 3.51. The molecule has 2 amide bonds. The molecule has 122 valence electrons. The van der Waals surface area contributed by atoms with Gasteiger partial charge in [-0.05, 0) is 30.9 Å². The maximum absolute atomic E-state index is 12.8. The summed E-state index contributed by atoms with van der Waals surface area (Å²) in [5, 5.41) is 0.245. The number of anilines is 1. The van der Waals surface area contributed by atoms with Gasteiger partial charge in [0.15, 0.2) is 4.86 Å². The van der Waals surface area contributed by atoms with Crippen molar-refractivity contribution in [1.82, 2.24) is 0 Å². The predicted molar refractivity (Wildman–Crippen MR) is 87.9 cm³/mol. The molecule has 0 aromatic heterocycles. The second-order valence-electron chi connectivity index (χ2n) is 5.90. The van der Waals surface area contributed by atoms with Crippen molar-refractivity contribution in [2.24, 2.45) is 11.8 Å². The predicted octanol–water partition coefficient (Wildman–Crippen LogP) is 2.46. The minimum atomic E-state index is -2.71. The first-order valence-electron chi connectivity index (χ1n) is 7.61. The molecule has 1 saturated heterocycles. The summed E-state index contributed by atoms with van der Waals surface area (Å²) in [6, 6.07) is 6.46. The number of para-hydroxylation sites is 1. The lowest BCUT2D eigenvalue weighted by Gasteiger charge is -2.25. The third-order valence-corrected chi connectivity index (χ3v) is 5.68. The van der Waals surface area contributed by atoms with Crippen LogP contribution in [0.2, 0.25) is 5.02 Å². The second kappa shape index (κ2) is 6.45. The summed E-state index contributed by atoms with van der Waals surface area (Å²) in [6.45, 7) is 0. The summed E-state index contributed by atoms with van der Waals surface area (Å²) in [4.78, 5) is 26.0. The van der Waals surface area contributed by atoms with E-state index in [2.05, 4.69) is 0 Å². The van der Waals surface area contributed by atoms with E-state index in [-0.39, 0.29) is 21.5 Å². The highest BCUT2D eigenvalue weighted by Gasteiger charge is 2.50. The number of nitrogens with zero attached hydrogens (tertiary/aromatic N) is 1. The normalized spacial score (nSPS) is 22.7. The van der Waals surface area contributed by atoms with Crippen LogP contribution < -0.4 is 4.90 Å². The van der Waals surface area contributed by atoms with Gasteiger partial charge in [-0.25, -0.2) is 4.90 Å². The van der Waals surface area contributed by atoms with E-state index < -0.39 is 28.0 Å². The molecular formula is C16H16ClNO4S. The van der Waals surface area contributed by atoms with Crippen LogP contribution in [-0.4, -0.2) is 25.1 Å². The van der Waals surface area contributed by atoms with Gasteiger partial charge in [0.05, 0.1) is 16.6 Å². The zero-order valence-corrected chi connectivity index (χ0v) is 13.9. The van der Waals surface area contributed by atoms with Crippen LogP contribution >= 0.6 is 11.6 Å². The Kier molecular flexibility index (Phi) is 4.55. The van der Waals surface area contributed by atoms with E-state index in [1.54, 1.807) is 24.3 Å². The van der Waals surface area contributed by atoms with Crippen LogP contribution in [0.25, 0.3) is 0 Å². The highest BCUT2D eigenvalue weighted by molar-refractivity contribution is 7.75. The second-order valence-corrected chi connectivity index (χ2v) is 7.22. The smallest absolute Gasteiger partial charge is 0.273 e. The number of benzene rings is 1. The van der Waals surface area contributed by atoms with E-state index in [0.717, 1.165) is 37.0 Å². The Hall–Kier alpha value is -1.66. The van der Waals surface area contributed by atoms with Crippen LogP contribution in [-0.2, 0) is 19.9 Å². The van der Waals surface area contributed by atoms with Crippen molar-refractivity contribution in [2.45, 2.75) is 32.1 Å². The van der Waals surface area contributed by atoms with E-state index in [9.17, 15) is 18.0 Å². The number of hydrogen-bond acceptors (Lipinski definition) is 4. The lowest BCUT2D eigenvalue weighted by molar-refractivity contribution is -0.123. The Labute approximate surface area is 140 Å². The molecule has 1 aliphatic carbocycles. The first-order valence-corrected chi connectivity index (χ1v) is 9.06. The first-order chi connectivity index (χ1) is 11.0. The maximum Gasteiger partial charge on any atom is 0.277 e. The van der Waals surface area contributed by atoms with Crippen molar-refractivity contribution in [1.29, 1.82) is 0 Å².